The number of ether oxygens (including phenoxy) is 1. The Hall–Kier alpha value is -2.84. The van der Waals surface area contributed by atoms with Gasteiger partial charge in [-0.05, 0) is 30.3 Å². The van der Waals surface area contributed by atoms with Crippen LogP contribution in [0.2, 0.25) is 5.02 Å². The fraction of sp³-hybridized carbons (Fsp3) is 0.0625. The van der Waals surface area contributed by atoms with Crippen molar-refractivity contribution in [2.24, 2.45) is 0 Å². The van der Waals surface area contributed by atoms with Crippen LogP contribution < -0.4 is 4.74 Å². The highest BCUT2D eigenvalue weighted by atomic mass is 35.5. The Kier molecular flexibility index (Phi) is 4.03. The maximum Gasteiger partial charge on any atom is 0.247 e. The molecule has 0 aliphatic heterocycles. The molecule has 0 aliphatic carbocycles. The third-order valence-electron chi connectivity index (χ3n) is 3.07. The van der Waals surface area contributed by atoms with Gasteiger partial charge in [-0.3, -0.25) is 0 Å². The molecule has 0 radical (unpaired) electrons. The Labute approximate surface area is 131 Å². The molecule has 3 aromatic rings. The van der Waals surface area contributed by atoms with E-state index in [-0.39, 0.29) is 6.61 Å². The van der Waals surface area contributed by atoms with Crippen molar-refractivity contribution in [3.63, 3.8) is 0 Å². The second-order valence-electron chi connectivity index (χ2n) is 4.44. The van der Waals surface area contributed by atoms with Crippen molar-refractivity contribution in [2.45, 2.75) is 6.61 Å². The molecular formula is C16H10ClN3O2. The van der Waals surface area contributed by atoms with Crippen LogP contribution in [-0.4, -0.2) is 10.2 Å². The fourth-order valence-corrected chi connectivity index (χ4v) is 2.20. The Morgan fingerprint density at radius 1 is 1.18 bits per heavy atom. The molecule has 0 amide bonds. The van der Waals surface area contributed by atoms with E-state index < -0.39 is 0 Å². The van der Waals surface area contributed by atoms with Crippen LogP contribution in [-0.2, 0) is 6.61 Å². The van der Waals surface area contributed by atoms with Gasteiger partial charge >= 0.3 is 0 Å². The van der Waals surface area contributed by atoms with E-state index in [2.05, 4.69) is 16.3 Å². The van der Waals surface area contributed by atoms with E-state index in [9.17, 15) is 0 Å². The highest BCUT2D eigenvalue weighted by Crippen LogP contribution is 2.23. The van der Waals surface area contributed by atoms with Crippen molar-refractivity contribution >= 4 is 11.6 Å². The van der Waals surface area contributed by atoms with Crippen molar-refractivity contribution in [2.75, 3.05) is 0 Å². The topological polar surface area (TPSA) is 71.9 Å². The first-order valence-electron chi connectivity index (χ1n) is 6.45. The third-order valence-corrected chi connectivity index (χ3v) is 3.38. The minimum absolute atomic E-state index is 0.267. The average Bonchev–Trinajstić information content (AvgIpc) is 3.08. The second-order valence-corrected chi connectivity index (χ2v) is 4.85. The third kappa shape index (κ3) is 2.92. The van der Waals surface area contributed by atoms with Crippen LogP contribution in [0, 0.1) is 11.3 Å². The minimum Gasteiger partial charge on any atom is -0.489 e. The molecule has 0 fully saturated rings. The summed E-state index contributed by atoms with van der Waals surface area (Å²) in [5.74, 6) is 1.13. The summed E-state index contributed by atoms with van der Waals surface area (Å²) >= 11 is 5.99. The van der Waals surface area contributed by atoms with Crippen molar-refractivity contribution < 1.29 is 9.15 Å². The first-order valence-corrected chi connectivity index (χ1v) is 6.82. The Morgan fingerprint density at radius 3 is 2.68 bits per heavy atom. The number of nitriles is 1. The van der Waals surface area contributed by atoms with E-state index >= 15 is 0 Å². The van der Waals surface area contributed by atoms with Gasteiger partial charge in [0.1, 0.15) is 18.4 Å². The Balaban J connectivity index is 1.72. The molecule has 0 aliphatic rings. The fourth-order valence-electron chi connectivity index (χ4n) is 1.97. The summed E-state index contributed by atoms with van der Waals surface area (Å²) in [7, 11) is 0. The number of benzene rings is 2. The molecule has 0 N–H and O–H groups in total. The highest BCUT2D eigenvalue weighted by molar-refractivity contribution is 6.31. The van der Waals surface area contributed by atoms with Gasteiger partial charge in [-0.2, -0.15) is 5.26 Å². The summed E-state index contributed by atoms with van der Waals surface area (Å²) in [4.78, 5) is 0. The molecule has 1 heterocycles. The quantitative estimate of drug-likeness (QED) is 0.732. The lowest BCUT2D eigenvalue weighted by Gasteiger charge is -2.08. The zero-order valence-electron chi connectivity index (χ0n) is 11.4. The van der Waals surface area contributed by atoms with Crippen LogP contribution in [0.1, 0.15) is 11.1 Å². The van der Waals surface area contributed by atoms with Crippen LogP contribution in [0.15, 0.2) is 53.3 Å². The van der Waals surface area contributed by atoms with E-state index in [1.54, 1.807) is 24.3 Å². The molecule has 5 nitrogen and oxygen atoms in total. The van der Waals surface area contributed by atoms with Crippen molar-refractivity contribution in [1.82, 2.24) is 10.2 Å². The zero-order valence-corrected chi connectivity index (χ0v) is 12.1. The van der Waals surface area contributed by atoms with E-state index in [4.69, 9.17) is 26.0 Å². The summed E-state index contributed by atoms with van der Waals surface area (Å²) < 4.78 is 10.8. The van der Waals surface area contributed by atoms with E-state index in [1.807, 2.05) is 18.2 Å². The van der Waals surface area contributed by atoms with Gasteiger partial charge in [0.2, 0.25) is 12.3 Å². The maximum absolute atomic E-state index is 9.13. The second kappa shape index (κ2) is 6.29. The van der Waals surface area contributed by atoms with Gasteiger partial charge in [0.15, 0.2) is 0 Å². The number of rotatable bonds is 4. The SMILES string of the molecule is N#Cc1c(Cl)cccc1COc1ccc(-c2nnco2)cc1. The monoisotopic (exact) mass is 311 g/mol. The molecule has 3 rings (SSSR count). The summed E-state index contributed by atoms with van der Waals surface area (Å²) in [6.07, 6.45) is 1.28. The first kappa shape index (κ1) is 14.1. The lowest BCUT2D eigenvalue weighted by atomic mass is 10.1. The van der Waals surface area contributed by atoms with Gasteiger partial charge in [0.05, 0.1) is 10.6 Å². The van der Waals surface area contributed by atoms with Crippen LogP contribution in [0.4, 0.5) is 0 Å². The highest BCUT2D eigenvalue weighted by Gasteiger charge is 2.08. The molecule has 2 aromatic carbocycles. The molecule has 0 unspecified atom stereocenters. The summed E-state index contributed by atoms with van der Waals surface area (Å²) in [5.41, 5.74) is 1.99. The normalized spacial score (nSPS) is 10.2. The first-order chi connectivity index (χ1) is 10.8. The predicted molar refractivity (Wildman–Crippen MR) is 80.2 cm³/mol. The molecule has 0 spiro atoms. The standard InChI is InChI=1S/C16H10ClN3O2/c17-15-3-1-2-12(14(15)8-18)9-21-13-6-4-11(5-7-13)16-20-19-10-22-16/h1-7,10H,9H2. The zero-order chi connectivity index (χ0) is 15.4. The minimum atomic E-state index is 0.267. The molecule has 108 valence electrons. The van der Waals surface area contributed by atoms with E-state index in [1.165, 1.54) is 6.39 Å². The molecule has 1 aromatic heterocycles. The average molecular weight is 312 g/mol. The van der Waals surface area contributed by atoms with Crippen molar-refractivity contribution in [3.05, 3.63) is 65.0 Å². The van der Waals surface area contributed by atoms with Gasteiger partial charge < -0.3 is 9.15 Å². The summed E-state index contributed by atoms with van der Waals surface area (Å²) in [6.45, 7) is 0.267. The number of hydrogen-bond acceptors (Lipinski definition) is 5. The lowest BCUT2D eigenvalue weighted by Crippen LogP contribution is -1.98. The van der Waals surface area contributed by atoms with Gasteiger partial charge in [-0.25, -0.2) is 0 Å². The van der Waals surface area contributed by atoms with Gasteiger partial charge in [0, 0.05) is 11.1 Å². The van der Waals surface area contributed by atoms with Gasteiger partial charge in [-0.1, -0.05) is 23.7 Å². The number of nitrogens with zero attached hydrogens (tertiary/aromatic N) is 3. The molecule has 0 saturated carbocycles. The Morgan fingerprint density at radius 2 is 2.00 bits per heavy atom. The number of aromatic nitrogens is 2. The molecule has 0 atom stereocenters. The van der Waals surface area contributed by atoms with Crippen molar-refractivity contribution in [1.29, 1.82) is 5.26 Å². The van der Waals surface area contributed by atoms with Crippen LogP contribution >= 0.6 is 11.6 Å². The molecule has 0 saturated heterocycles. The van der Waals surface area contributed by atoms with Gasteiger partial charge in [0.25, 0.3) is 0 Å². The summed E-state index contributed by atoms with van der Waals surface area (Å²) in [5, 5.41) is 17.0. The molecule has 0 bridgehead atoms. The summed E-state index contributed by atoms with van der Waals surface area (Å²) in [6, 6.07) is 14.6. The van der Waals surface area contributed by atoms with Crippen LogP contribution in [0.25, 0.3) is 11.5 Å². The van der Waals surface area contributed by atoms with Crippen LogP contribution in [0.3, 0.4) is 0 Å². The number of halogens is 1. The molecular weight excluding hydrogens is 302 g/mol. The maximum atomic E-state index is 9.13. The predicted octanol–water partition coefficient (Wildman–Crippen LogP) is 3.84. The van der Waals surface area contributed by atoms with Crippen LogP contribution in [0.5, 0.6) is 5.75 Å². The van der Waals surface area contributed by atoms with Gasteiger partial charge in [-0.15, -0.1) is 10.2 Å². The molecule has 6 heteroatoms. The van der Waals surface area contributed by atoms with E-state index in [0.29, 0.717) is 22.2 Å². The smallest absolute Gasteiger partial charge is 0.247 e. The lowest BCUT2D eigenvalue weighted by molar-refractivity contribution is 0.306. The van der Waals surface area contributed by atoms with Crippen molar-refractivity contribution in [3.8, 4) is 23.3 Å². The Bertz CT molecular complexity index is 808. The largest absolute Gasteiger partial charge is 0.489 e. The van der Waals surface area contributed by atoms with E-state index in [0.717, 1.165) is 11.1 Å². The number of hydrogen-bond donors (Lipinski definition) is 0. The molecule has 22 heavy (non-hydrogen) atoms.